The highest BCUT2D eigenvalue weighted by Crippen LogP contribution is 2.31. The van der Waals surface area contributed by atoms with Crippen LogP contribution in [0, 0.1) is 0 Å². The molecular formula is C15H24N2O2. The van der Waals surface area contributed by atoms with Crippen molar-refractivity contribution in [1.29, 1.82) is 0 Å². The fourth-order valence-corrected chi connectivity index (χ4v) is 2.50. The van der Waals surface area contributed by atoms with E-state index in [1.165, 1.54) is 0 Å². The number of nitrogens with zero attached hydrogens (tertiary/aromatic N) is 1. The Hall–Kier alpha value is -1.26. The zero-order chi connectivity index (χ0) is 13.8. The number of ether oxygens (including phenoxy) is 1. The van der Waals surface area contributed by atoms with Gasteiger partial charge in [0.1, 0.15) is 0 Å². The van der Waals surface area contributed by atoms with Crippen molar-refractivity contribution in [3.05, 3.63) is 23.8 Å². The molecular weight excluding hydrogens is 240 g/mol. The smallest absolute Gasteiger partial charge is 0.162 e. The van der Waals surface area contributed by atoms with E-state index in [1.54, 1.807) is 0 Å². The Morgan fingerprint density at radius 3 is 2.95 bits per heavy atom. The summed E-state index contributed by atoms with van der Waals surface area (Å²) < 4.78 is 5.43. The van der Waals surface area contributed by atoms with Crippen LogP contribution >= 0.6 is 0 Å². The fourth-order valence-electron chi connectivity index (χ4n) is 2.50. The van der Waals surface area contributed by atoms with Crippen LogP contribution < -0.4 is 10.1 Å². The third kappa shape index (κ3) is 3.39. The predicted molar refractivity (Wildman–Crippen MR) is 76.6 cm³/mol. The van der Waals surface area contributed by atoms with Gasteiger partial charge in [-0.05, 0) is 26.8 Å². The molecule has 1 fully saturated rings. The summed E-state index contributed by atoms with van der Waals surface area (Å²) in [5.74, 6) is 0.860. The zero-order valence-electron chi connectivity index (χ0n) is 12.0. The quantitative estimate of drug-likeness (QED) is 0.873. The minimum absolute atomic E-state index is 0.280. The highest BCUT2D eigenvalue weighted by Gasteiger charge is 2.23. The maximum absolute atomic E-state index is 10.2. The number of hydrogen-bond donors (Lipinski definition) is 2. The molecule has 1 saturated heterocycles. The van der Waals surface area contributed by atoms with Crippen LogP contribution in [0.15, 0.2) is 18.2 Å². The van der Waals surface area contributed by atoms with Crippen molar-refractivity contribution in [3.8, 4) is 11.5 Å². The van der Waals surface area contributed by atoms with Crippen molar-refractivity contribution < 1.29 is 9.84 Å². The number of phenols is 1. The van der Waals surface area contributed by atoms with E-state index in [0.29, 0.717) is 24.4 Å². The average molecular weight is 264 g/mol. The van der Waals surface area contributed by atoms with Crippen LogP contribution in [0.2, 0.25) is 0 Å². The Bertz CT molecular complexity index is 423. The van der Waals surface area contributed by atoms with Gasteiger partial charge in [-0.2, -0.15) is 0 Å². The minimum atomic E-state index is 0.280. The predicted octanol–water partition coefficient (Wildman–Crippen LogP) is 1.97. The van der Waals surface area contributed by atoms with E-state index >= 15 is 0 Å². The van der Waals surface area contributed by atoms with Crippen LogP contribution in [-0.2, 0) is 6.54 Å². The molecule has 1 aliphatic heterocycles. The van der Waals surface area contributed by atoms with Crippen molar-refractivity contribution in [2.75, 3.05) is 19.7 Å². The molecule has 4 heteroatoms. The summed E-state index contributed by atoms with van der Waals surface area (Å²) in [4.78, 5) is 2.39. The molecule has 0 radical (unpaired) electrons. The molecule has 19 heavy (non-hydrogen) atoms. The maximum Gasteiger partial charge on any atom is 0.162 e. The molecule has 0 bridgehead atoms. The lowest BCUT2D eigenvalue weighted by molar-refractivity contribution is 0.137. The standard InChI is InChI=1S/C15H24N2O2/c1-4-19-14-7-5-6-13(15(14)18)10-17-9-11(2)16-8-12(17)3/h5-7,11-12,16,18H,4,8-10H2,1-3H3. The van der Waals surface area contributed by atoms with Gasteiger partial charge in [-0.3, -0.25) is 4.90 Å². The Balaban J connectivity index is 2.11. The number of hydrogen-bond acceptors (Lipinski definition) is 4. The molecule has 0 saturated carbocycles. The molecule has 106 valence electrons. The van der Waals surface area contributed by atoms with Crippen LogP contribution in [0.25, 0.3) is 0 Å². The topological polar surface area (TPSA) is 44.7 Å². The number of phenolic OH excluding ortho intramolecular Hbond substituents is 1. The number of benzene rings is 1. The molecule has 4 nitrogen and oxygen atoms in total. The van der Waals surface area contributed by atoms with E-state index in [4.69, 9.17) is 4.74 Å². The number of nitrogens with one attached hydrogen (secondary N) is 1. The third-order valence-corrected chi connectivity index (χ3v) is 3.65. The van der Waals surface area contributed by atoms with Crippen molar-refractivity contribution in [1.82, 2.24) is 10.2 Å². The van der Waals surface area contributed by atoms with E-state index in [2.05, 4.69) is 24.1 Å². The Morgan fingerprint density at radius 2 is 2.21 bits per heavy atom. The van der Waals surface area contributed by atoms with E-state index < -0.39 is 0 Å². The lowest BCUT2D eigenvalue weighted by Crippen LogP contribution is -2.53. The first-order valence-corrected chi connectivity index (χ1v) is 7.03. The Kier molecular flexibility index (Phi) is 4.66. The molecule has 1 aromatic carbocycles. The average Bonchev–Trinajstić information content (AvgIpc) is 2.39. The minimum Gasteiger partial charge on any atom is -0.504 e. The van der Waals surface area contributed by atoms with Crippen LogP contribution in [0.1, 0.15) is 26.3 Å². The first kappa shape index (κ1) is 14.2. The second-order valence-corrected chi connectivity index (χ2v) is 5.28. The number of aromatic hydroxyl groups is 1. The second-order valence-electron chi connectivity index (χ2n) is 5.28. The van der Waals surface area contributed by atoms with Gasteiger partial charge in [-0.15, -0.1) is 0 Å². The van der Waals surface area contributed by atoms with Gasteiger partial charge in [0.05, 0.1) is 6.61 Å². The SMILES string of the molecule is CCOc1cccc(CN2CC(C)NCC2C)c1O. The van der Waals surface area contributed by atoms with Gasteiger partial charge in [-0.25, -0.2) is 0 Å². The summed E-state index contributed by atoms with van der Waals surface area (Å²) in [5.41, 5.74) is 0.937. The summed E-state index contributed by atoms with van der Waals surface area (Å²) in [5, 5.41) is 13.7. The number of para-hydroxylation sites is 1. The third-order valence-electron chi connectivity index (χ3n) is 3.65. The van der Waals surface area contributed by atoms with E-state index in [-0.39, 0.29) is 5.75 Å². The molecule has 0 aromatic heterocycles. The normalized spacial score (nSPS) is 24.4. The van der Waals surface area contributed by atoms with Gasteiger partial charge >= 0.3 is 0 Å². The second kappa shape index (κ2) is 6.26. The molecule has 0 aliphatic carbocycles. The van der Waals surface area contributed by atoms with Crippen LogP contribution in [0.4, 0.5) is 0 Å². The van der Waals surface area contributed by atoms with Crippen molar-refractivity contribution in [2.45, 2.75) is 39.4 Å². The van der Waals surface area contributed by atoms with Crippen molar-refractivity contribution in [3.63, 3.8) is 0 Å². The Morgan fingerprint density at radius 1 is 1.42 bits per heavy atom. The number of rotatable bonds is 4. The maximum atomic E-state index is 10.2. The van der Waals surface area contributed by atoms with Gasteiger partial charge in [0.25, 0.3) is 0 Å². The van der Waals surface area contributed by atoms with Crippen molar-refractivity contribution >= 4 is 0 Å². The molecule has 2 N–H and O–H groups in total. The van der Waals surface area contributed by atoms with E-state index in [9.17, 15) is 5.11 Å². The molecule has 1 aliphatic rings. The summed E-state index contributed by atoms with van der Waals surface area (Å²) in [6, 6.07) is 6.69. The zero-order valence-corrected chi connectivity index (χ0v) is 12.0. The van der Waals surface area contributed by atoms with Gasteiger partial charge in [-0.1, -0.05) is 12.1 Å². The van der Waals surface area contributed by atoms with Gasteiger partial charge < -0.3 is 15.2 Å². The highest BCUT2D eigenvalue weighted by molar-refractivity contribution is 5.45. The van der Waals surface area contributed by atoms with Gasteiger partial charge in [0.2, 0.25) is 0 Å². The molecule has 0 spiro atoms. The summed E-state index contributed by atoms with van der Waals surface area (Å²) in [6.45, 7) is 9.65. The lowest BCUT2D eigenvalue weighted by Gasteiger charge is -2.37. The number of piperazine rings is 1. The summed E-state index contributed by atoms with van der Waals surface area (Å²) >= 11 is 0. The molecule has 1 heterocycles. The highest BCUT2D eigenvalue weighted by atomic mass is 16.5. The van der Waals surface area contributed by atoms with Crippen LogP contribution in [-0.4, -0.2) is 41.8 Å². The molecule has 1 aromatic rings. The molecule has 2 atom stereocenters. The van der Waals surface area contributed by atoms with Crippen LogP contribution in [0.3, 0.4) is 0 Å². The van der Waals surface area contributed by atoms with E-state index in [1.807, 2.05) is 25.1 Å². The first-order chi connectivity index (χ1) is 9.11. The molecule has 2 unspecified atom stereocenters. The fraction of sp³-hybridized carbons (Fsp3) is 0.600. The monoisotopic (exact) mass is 264 g/mol. The van der Waals surface area contributed by atoms with Gasteiger partial charge in [0.15, 0.2) is 11.5 Å². The molecule has 0 amide bonds. The summed E-state index contributed by atoms with van der Waals surface area (Å²) in [6.07, 6.45) is 0. The van der Waals surface area contributed by atoms with E-state index in [0.717, 1.165) is 25.2 Å². The first-order valence-electron chi connectivity index (χ1n) is 7.03. The Labute approximate surface area is 115 Å². The van der Waals surface area contributed by atoms with Crippen molar-refractivity contribution in [2.24, 2.45) is 0 Å². The molecule has 2 rings (SSSR count). The van der Waals surface area contributed by atoms with Crippen LogP contribution in [0.5, 0.6) is 11.5 Å². The van der Waals surface area contributed by atoms with Gasteiger partial charge in [0, 0.05) is 37.3 Å². The summed E-state index contributed by atoms with van der Waals surface area (Å²) in [7, 11) is 0. The largest absolute Gasteiger partial charge is 0.504 e. The lowest BCUT2D eigenvalue weighted by atomic mass is 10.1.